The largest absolute Gasteiger partial charge is 0.372 e. The van der Waals surface area contributed by atoms with Gasteiger partial charge in [-0.2, -0.15) is 0 Å². The van der Waals surface area contributed by atoms with Crippen molar-refractivity contribution in [1.29, 1.82) is 0 Å². The highest BCUT2D eigenvalue weighted by Crippen LogP contribution is 2.36. The number of fused-ring (bicyclic) bond motifs is 5. The Hall–Kier alpha value is -2.51. The fourth-order valence-corrected chi connectivity index (χ4v) is 4.84. The standard InChI is InChI=1S/C19H18N4O2S/c1-11(2)14-8-13-15(9-25-14)26-18-16(13)17(24)23(12-6-4-3-5-7-12)19-21-20-10-22(18)19/h3-7,10-11,14H,8-9H2,1-2H3. The Balaban J connectivity index is 1.87. The molecular formula is C19H18N4O2S. The first-order valence-electron chi connectivity index (χ1n) is 8.71. The molecule has 4 heterocycles. The van der Waals surface area contributed by atoms with Crippen molar-refractivity contribution >= 4 is 27.3 Å². The molecule has 0 radical (unpaired) electrons. The van der Waals surface area contributed by atoms with E-state index in [1.165, 1.54) is 0 Å². The monoisotopic (exact) mass is 366 g/mol. The summed E-state index contributed by atoms with van der Waals surface area (Å²) >= 11 is 1.61. The predicted molar refractivity (Wildman–Crippen MR) is 101 cm³/mol. The van der Waals surface area contributed by atoms with E-state index in [9.17, 15) is 4.79 Å². The summed E-state index contributed by atoms with van der Waals surface area (Å²) in [4.78, 5) is 15.5. The van der Waals surface area contributed by atoms with E-state index in [-0.39, 0.29) is 11.7 Å². The number of benzene rings is 1. The van der Waals surface area contributed by atoms with Crippen LogP contribution in [0, 0.1) is 5.92 Å². The topological polar surface area (TPSA) is 61.4 Å². The Bertz CT molecular complexity index is 1170. The number of para-hydroxylation sites is 1. The van der Waals surface area contributed by atoms with Gasteiger partial charge >= 0.3 is 0 Å². The SMILES string of the molecule is CC(C)C1Cc2c(sc3c2c(=O)n(-c2ccccc2)c2nncn32)CO1. The second-order valence-corrected chi connectivity index (χ2v) is 8.04. The fraction of sp³-hybridized carbons (Fsp3) is 0.316. The van der Waals surface area contributed by atoms with E-state index in [1.54, 1.807) is 22.2 Å². The number of aromatic nitrogens is 4. The van der Waals surface area contributed by atoms with Gasteiger partial charge in [-0.3, -0.25) is 9.20 Å². The second kappa shape index (κ2) is 5.75. The van der Waals surface area contributed by atoms with Gasteiger partial charge in [0, 0.05) is 11.3 Å². The van der Waals surface area contributed by atoms with Crippen molar-refractivity contribution in [1.82, 2.24) is 19.2 Å². The average molecular weight is 366 g/mol. The van der Waals surface area contributed by atoms with Crippen molar-refractivity contribution < 1.29 is 4.74 Å². The molecule has 0 saturated carbocycles. The van der Waals surface area contributed by atoms with Gasteiger partial charge in [-0.1, -0.05) is 32.0 Å². The Labute approximate surface area is 153 Å². The van der Waals surface area contributed by atoms with Crippen LogP contribution in [0.1, 0.15) is 24.3 Å². The maximum atomic E-state index is 13.5. The maximum absolute atomic E-state index is 13.5. The molecule has 6 nitrogen and oxygen atoms in total. The van der Waals surface area contributed by atoms with Crippen LogP contribution in [-0.2, 0) is 17.8 Å². The molecular weight excluding hydrogens is 348 g/mol. The molecule has 1 aromatic carbocycles. The summed E-state index contributed by atoms with van der Waals surface area (Å²) in [5.74, 6) is 0.946. The molecule has 0 N–H and O–H groups in total. The minimum atomic E-state index is -0.0337. The van der Waals surface area contributed by atoms with Crippen LogP contribution in [0.2, 0.25) is 0 Å². The molecule has 1 unspecified atom stereocenters. The van der Waals surface area contributed by atoms with E-state index >= 15 is 0 Å². The maximum Gasteiger partial charge on any atom is 0.268 e. The number of hydrogen-bond acceptors (Lipinski definition) is 5. The molecule has 0 bridgehead atoms. The Morgan fingerprint density at radius 1 is 1.27 bits per heavy atom. The van der Waals surface area contributed by atoms with Gasteiger partial charge in [-0.05, 0) is 23.6 Å². The van der Waals surface area contributed by atoms with Crippen LogP contribution < -0.4 is 5.56 Å². The van der Waals surface area contributed by atoms with E-state index < -0.39 is 0 Å². The Morgan fingerprint density at radius 2 is 2.08 bits per heavy atom. The molecule has 1 aliphatic heterocycles. The van der Waals surface area contributed by atoms with E-state index in [0.717, 1.165) is 32.8 Å². The molecule has 0 amide bonds. The summed E-state index contributed by atoms with van der Waals surface area (Å²) in [6, 6.07) is 9.61. The minimum absolute atomic E-state index is 0.0337. The average Bonchev–Trinajstić information content (AvgIpc) is 3.26. The molecule has 1 aliphatic rings. The summed E-state index contributed by atoms with van der Waals surface area (Å²) in [7, 11) is 0. The highest BCUT2D eigenvalue weighted by Gasteiger charge is 2.29. The molecule has 5 rings (SSSR count). The van der Waals surface area contributed by atoms with Gasteiger partial charge in [0.15, 0.2) is 0 Å². The first-order chi connectivity index (χ1) is 12.6. The smallest absolute Gasteiger partial charge is 0.268 e. The molecule has 0 saturated heterocycles. The van der Waals surface area contributed by atoms with Gasteiger partial charge in [0.05, 0.1) is 23.8 Å². The number of rotatable bonds is 2. The van der Waals surface area contributed by atoms with Crippen LogP contribution in [0.4, 0.5) is 0 Å². The Morgan fingerprint density at radius 3 is 2.85 bits per heavy atom. The molecule has 132 valence electrons. The van der Waals surface area contributed by atoms with Crippen molar-refractivity contribution in [2.75, 3.05) is 0 Å². The van der Waals surface area contributed by atoms with Crippen molar-refractivity contribution in [3.8, 4) is 5.69 Å². The van der Waals surface area contributed by atoms with E-state index in [2.05, 4.69) is 24.0 Å². The predicted octanol–water partition coefficient (Wildman–Crippen LogP) is 3.19. The van der Waals surface area contributed by atoms with Crippen LogP contribution in [-0.4, -0.2) is 25.3 Å². The normalized spacial score (nSPS) is 17.3. The van der Waals surface area contributed by atoms with Gasteiger partial charge in [-0.15, -0.1) is 21.5 Å². The third-order valence-corrected chi connectivity index (χ3v) is 6.23. The van der Waals surface area contributed by atoms with Crippen LogP contribution in [0.5, 0.6) is 0 Å². The van der Waals surface area contributed by atoms with Crippen molar-refractivity contribution in [3.63, 3.8) is 0 Å². The zero-order chi connectivity index (χ0) is 17.8. The van der Waals surface area contributed by atoms with Gasteiger partial charge in [0.25, 0.3) is 5.56 Å². The van der Waals surface area contributed by atoms with E-state index in [4.69, 9.17) is 4.74 Å². The zero-order valence-electron chi connectivity index (χ0n) is 14.5. The van der Waals surface area contributed by atoms with Crippen LogP contribution in [0.15, 0.2) is 41.5 Å². The zero-order valence-corrected chi connectivity index (χ0v) is 15.4. The van der Waals surface area contributed by atoms with E-state index in [1.807, 2.05) is 34.7 Å². The number of ether oxygens (including phenoxy) is 1. The molecule has 7 heteroatoms. The summed E-state index contributed by atoms with van der Waals surface area (Å²) < 4.78 is 9.57. The minimum Gasteiger partial charge on any atom is -0.372 e. The lowest BCUT2D eigenvalue weighted by Gasteiger charge is -2.26. The lowest BCUT2D eigenvalue weighted by molar-refractivity contribution is 0.00200. The third kappa shape index (κ3) is 2.17. The van der Waals surface area contributed by atoms with Gasteiger partial charge in [0.2, 0.25) is 5.78 Å². The van der Waals surface area contributed by atoms with E-state index in [0.29, 0.717) is 18.3 Å². The van der Waals surface area contributed by atoms with Gasteiger partial charge in [-0.25, -0.2) is 4.57 Å². The summed E-state index contributed by atoms with van der Waals surface area (Å²) in [6.07, 6.45) is 2.59. The van der Waals surface area contributed by atoms with Crippen molar-refractivity contribution in [2.45, 2.75) is 33.0 Å². The number of nitrogens with zero attached hydrogens (tertiary/aromatic N) is 4. The van der Waals surface area contributed by atoms with Crippen LogP contribution in [0.3, 0.4) is 0 Å². The van der Waals surface area contributed by atoms with Gasteiger partial charge in [0.1, 0.15) is 11.2 Å². The molecule has 26 heavy (non-hydrogen) atoms. The fourth-order valence-electron chi connectivity index (χ4n) is 3.63. The Kier molecular flexibility index (Phi) is 3.48. The molecule has 4 aromatic rings. The van der Waals surface area contributed by atoms with Gasteiger partial charge < -0.3 is 4.74 Å². The first kappa shape index (κ1) is 15.7. The highest BCUT2D eigenvalue weighted by atomic mass is 32.1. The number of thiophene rings is 1. The summed E-state index contributed by atoms with van der Waals surface area (Å²) in [5, 5.41) is 9.04. The molecule has 0 fully saturated rings. The summed E-state index contributed by atoms with van der Waals surface area (Å²) in [5.41, 5.74) is 1.89. The number of hydrogen-bond donors (Lipinski definition) is 0. The highest BCUT2D eigenvalue weighted by molar-refractivity contribution is 7.18. The van der Waals surface area contributed by atoms with Crippen molar-refractivity contribution in [3.05, 3.63) is 57.5 Å². The lowest BCUT2D eigenvalue weighted by Crippen LogP contribution is -2.28. The quantitative estimate of drug-likeness (QED) is 0.547. The molecule has 1 atom stereocenters. The molecule has 0 spiro atoms. The van der Waals surface area contributed by atoms with Crippen LogP contribution >= 0.6 is 11.3 Å². The lowest BCUT2D eigenvalue weighted by atomic mass is 9.96. The summed E-state index contributed by atoms with van der Waals surface area (Å²) in [6.45, 7) is 4.88. The second-order valence-electron chi connectivity index (χ2n) is 6.96. The van der Waals surface area contributed by atoms with Crippen molar-refractivity contribution in [2.24, 2.45) is 5.92 Å². The molecule has 3 aromatic heterocycles. The molecule has 0 aliphatic carbocycles. The first-order valence-corrected chi connectivity index (χ1v) is 9.53. The van der Waals surface area contributed by atoms with Crippen LogP contribution in [0.25, 0.3) is 21.7 Å². The third-order valence-electron chi connectivity index (χ3n) is 5.03.